The van der Waals surface area contributed by atoms with E-state index in [4.69, 9.17) is 28.4 Å². The summed E-state index contributed by atoms with van der Waals surface area (Å²) in [5.41, 5.74) is 5.29. The van der Waals surface area contributed by atoms with Gasteiger partial charge in [-0.2, -0.15) is 0 Å². The first-order valence-electron chi connectivity index (χ1n) is 22.3. The van der Waals surface area contributed by atoms with Crippen molar-refractivity contribution in [2.45, 2.75) is 35.8 Å². The average molecular weight is 1010 g/mol. The highest BCUT2D eigenvalue weighted by molar-refractivity contribution is 7.98. The highest BCUT2D eigenvalue weighted by atomic mass is 32.2. The van der Waals surface area contributed by atoms with Crippen molar-refractivity contribution in [3.05, 3.63) is 193 Å². The van der Waals surface area contributed by atoms with Crippen LogP contribution < -0.4 is 10.6 Å². The Balaban J connectivity index is 0.000000267. The third-order valence-electron chi connectivity index (χ3n) is 9.94. The summed E-state index contributed by atoms with van der Waals surface area (Å²) in [6.45, 7) is 8.84. The minimum atomic E-state index is -1.04. The van der Waals surface area contributed by atoms with Crippen LogP contribution in [0.1, 0.15) is 34.6 Å². The van der Waals surface area contributed by atoms with Crippen molar-refractivity contribution < 1.29 is 57.2 Å². The number of amides is 2. The summed E-state index contributed by atoms with van der Waals surface area (Å²) in [5.74, 6) is -2.51. The quantitative estimate of drug-likeness (QED) is 0.0319. The van der Waals surface area contributed by atoms with Crippen LogP contribution in [-0.2, 0) is 38.0 Å². The van der Waals surface area contributed by atoms with Crippen LogP contribution in [-0.4, -0.2) is 87.2 Å². The van der Waals surface area contributed by atoms with Gasteiger partial charge in [0.05, 0.1) is 11.1 Å². The van der Waals surface area contributed by atoms with Gasteiger partial charge in [-0.1, -0.05) is 122 Å². The number of benzene rings is 6. The van der Waals surface area contributed by atoms with Crippen LogP contribution in [0.3, 0.4) is 0 Å². The molecule has 6 aromatic carbocycles. The van der Waals surface area contributed by atoms with E-state index in [0.29, 0.717) is 33.6 Å². The maximum Gasteiger partial charge on any atom is 0.412 e. The molecule has 0 bridgehead atoms. The molecule has 0 aromatic heterocycles. The normalized spacial score (nSPS) is 11.2. The molecular formula is C56H54N2O12S2. The van der Waals surface area contributed by atoms with Crippen LogP contribution >= 0.6 is 23.5 Å². The Labute approximate surface area is 427 Å². The molecule has 0 spiro atoms. The summed E-state index contributed by atoms with van der Waals surface area (Å²) in [6.07, 6.45) is 0.278. The van der Waals surface area contributed by atoms with E-state index in [9.17, 15) is 28.8 Å². The predicted octanol–water partition coefficient (Wildman–Crippen LogP) is 11.9. The first-order chi connectivity index (χ1) is 34.7. The van der Waals surface area contributed by atoms with Crippen LogP contribution in [0.25, 0.3) is 22.3 Å². The molecule has 0 aliphatic heterocycles. The molecule has 72 heavy (non-hydrogen) atoms. The van der Waals surface area contributed by atoms with Gasteiger partial charge in [0, 0.05) is 32.3 Å². The third kappa shape index (κ3) is 17.7. The van der Waals surface area contributed by atoms with Gasteiger partial charge in [-0.05, 0) is 97.1 Å². The Hall–Kier alpha value is -8.08. The van der Waals surface area contributed by atoms with Crippen molar-refractivity contribution in [2.24, 2.45) is 0 Å². The summed E-state index contributed by atoms with van der Waals surface area (Å²) in [7, 11) is 0. The molecule has 16 heteroatoms. The summed E-state index contributed by atoms with van der Waals surface area (Å²) in [5, 5.41) is 5.27. The lowest BCUT2D eigenvalue weighted by molar-refractivity contribution is -0.143. The second-order valence-electron chi connectivity index (χ2n) is 15.5. The van der Waals surface area contributed by atoms with Gasteiger partial charge in [0.1, 0.15) is 26.4 Å². The molecule has 372 valence electrons. The van der Waals surface area contributed by atoms with E-state index in [1.807, 2.05) is 116 Å². The smallest absolute Gasteiger partial charge is 0.412 e. The third-order valence-corrected chi connectivity index (χ3v) is 11.4. The summed E-state index contributed by atoms with van der Waals surface area (Å²) >= 11 is 3.07. The number of esters is 4. The zero-order valence-electron chi connectivity index (χ0n) is 40.1. The lowest BCUT2D eigenvalue weighted by atomic mass is 10.00. The van der Waals surface area contributed by atoms with E-state index in [2.05, 4.69) is 23.8 Å². The number of carbonyl (C=O) groups is 6. The molecule has 0 aliphatic rings. The fraction of sp³-hybridized carbons (Fsp3) is 0.179. The highest BCUT2D eigenvalue weighted by Gasteiger charge is 2.24. The Morgan fingerprint density at radius 2 is 0.861 bits per heavy atom. The average Bonchev–Trinajstić information content (AvgIpc) is 3.40. The van der Waals surface area contributed by atoms with Gasteiger partial charge < -0.3 is 28.4 Å². The van der Waals surface area contributed by atoms with Crippen molar-refractivity contribution in [3.63, 3.8) is 0 Å². The Bertz CT molecular complexity index is 2840. The van der Waals surface area contributed by atoms with E-state index in [-0.39, 0.29) is 37.6 Å². The van der Waals surface area contributed by atoms with E-state index < -0.39 is 48.3 Å². The largest absolute Gasteiger partial charge is 0.458 e. The minimum absolute atomic E-state index is 0.195. The molecule has 0 saturated carbocycles. The van der Waals surface area contributed by atoms with E-state index in [1.54, 1.807) is 54.6 Å². The van der Waals surface area contributed by atoms with Gasteiger partial charge in [0.2, 0.25) is 0 Å². The zero-order valence-corrected chi connectivity index (χ0v) is 41.8. The first kappa shape index (κ1) is 54.9. The number of anilines is 2. The monoisotopic (exact) mass is 1010 g/mol. The Morgan fingerprint density at radius 1 is 0.458 bits per heavy atom. The van der Waals surface area contributed by atoms with Crippen LogP contribution in [0.2, 0.25) is 0 Å². The number of hydrogen-bond acceptors (Lipinski definition) is 14. The van der Waals surface area contributed by atoms with Crippen LogP contribution in [0.5, 0.6) is 0 Å². The minimum Gasteiger partial charge on any atom is -0.458 e. The molecule has 0 heterocycles. The molecule has 0 fully saturated rings. The molecule has 0 aliphatic carbocycles. The number of hydrogen-bond donors (Lipinski definition) is 2. The number of rotatable bonds is 20. The van der Waals surface area contributed by atoms with Crippen molar-refractivity contribution in [3.8, 4) is 22.3 Å². The Kier molecular flexibility index (Phi) is 21.8. The first-order valence-corrected chi connectivity index (χ1v) is 24.7. The van der Waals surface area contributed by atoms with Crippen molar-refractivity contribution in [1.82, 2.24) is 0 Å². The Morgan fingerprint density at radius 3 is 1.33 bits per heavy atom. The molecule has 6 rings (SSSR count). The number of thioether (sulfide) groups is 2. The standard InChI is InChI=1S/2C28H27NO6S/c1-19(2)26(30)33-17-22(18-34-28(32)29-21-12-9-13-23(16-21)36-3)35-27(31)25-15-8-7-14-24(25)20-10-5-4-6-11-20;1-19(2)26(30)33-17-22(35-28(32)29-21-12-9-13-23(16-21)36-3)18-34-27(31)25-15-8-7-14-24(25)20-10-5-4-6-11-20/h2*4-16,22H,1,17-18H2,2-3H3,(H,29,32). The summed E-state index contributed by atoms with van der Waals surface area (Å²) in [4.78, 5) is 76.6. The van der Waals surface area contributed by atoms with Crippen molar-refractivity contribution in [1.29, 1.82) is 0 Å². The molecule has 2 amide bonds. The van der Waals surface area contributed by atoms with Crippen molar-refractivity contribution in [2.75, 3.05) is 49.6 Å². The van der Waals surface area contributed by atoms with Gasteiger partial charge >= 0.3 is 36.1 Å². The molecule has 2 atom stereocenters. The van der Waals surface area contributed by atoms with Crippen molar-refractivity contribution >= 4 is 71.0 Å². The molecule has 0 radical (unpaired) electrons. The van der Waals surface area contributed by atoms with Gasteiger partial charge in [0.25, 0.3) is 0 Å². The summed E-state index contributed by atoms with van der Waals surface area (Å²) in [6, 6.07) is 47.4. The van der Waals surface area contributed by atoms with Gasteiger partial charge in [-0.15, -0.1) is 23.5 Å². The maximum atomic E-state index is 13.1. The van der Waals surface area contributed by atoms with Gasteiger partial charge in [0.15, 0.2) is 12.2 Å². The lowest BCUT2D eigenvalue weighted by Gasteiger charge is -2.19. The van der Waals surface area contributed by atoms with Crippen LogP contribution in [0, 0.1) is 0 Å². The fourth-order valence-corrected chi connectivity index (χ4v) is 7.28. The fourth-order valence-electron chi connectivity index (χ4n) is 6.36. The molecule has 0 saturated heterocycles. The second kappa shape index (κ2) is 28.6. The molecule has 14 nitrogen and oxygen atoms in total. The van der Waals surface area contributed by atoms with Gasteiger partial charge in [-0.3, -0.25) is 10.6 Å². The van der Waals surface area contributed by atoms with Crippen LogP contribution in [0.4, 0.5) is 21.0 Å². The van der Waals surface area contributed by atoms with Gasteiger partial charge in [-0.25, -0.2) is 28.8 Å². The SMILES string of the molecule is C=C(C)C(=O)OCC(COC(=O)Nc1cccc(SC)c1)OC(=O)c1ccccc1-c1ccccc1.C=C(C)C(=O)OCC(COC(=O)c1ccccc1-c1ccccc1)OC(=O)Nc1cccc(SC)c1. The predicted molar refractivity (Wildman–Crippen MR) is 280 cm³/mol. The highest BCUT2D eigenvalue weighted by Crippen LogP contribution is 2.26. The lowest BCUT2D eigenvalue weighted by Crippen LogP contribution is -2.32. The molecular weight excluding hydrogens is 957 g/mol. The molecule has 2 unspecified atom stereocenters. The summed E-state index contributed by atoms with van der Waals surface area (Å²) < 4.78 is 32.1. The number of nitrogens with one attached hydrogen (secondary N) is 2. The van der Waals surface area contributed by atoms with E-state index in [1.165, 1.54) is 37.4 Å². The topological polar surface area (TPSA) is 182 Å². The number of ether oxygens (including phenoxy) is 6. The maximum absolute atomic E-state index is 13.1. The number of carbonyl (C=O) groups excluding carboxylic acids is 6. The molecule has 6 aromatic rings. The van der Waals surface area contributed by atoms with E-state index in [0.717, 1.165) is 20.9 Å². The van der Waals surface area contributed by atoms with Crippen LogP contribution in [0.15, 0.2) is 192 Å². The zero-order chi connectivity index (χ0) is 51.8. The molecule has 2 N–H and O–H groups in total. The second-order valence-corrected chi connectivity index (χ2v) is 17.3. The van der Waals surface area contributed by atoms with E-state index >= 15 is 0 Å².